The Hall–Kier alpha value is -2.16. The van der Waals surface area contributed by atoms with Crippen molar-refractivity contribution in [1.82, 2.24) is 15.0 Å². The van der Waals surface area contributed by atoms with Crippen molar-refractivity contribution in [3.63, 3.8) is 0 Å². The highest BCUT2D eigenvalue weighted by Gasteiger charge is 2.26. The van der Waals surface area contributed by atoms with Crippen molar-refractivity contribution in [2.75, 3.05) is 24.7 Å². The summed E-state index contributed by atoms with van der Waals surface area (Å²) in [6.07, 6.45) is 3.67. The molecule has 1 aliphatic heterocycles. The second-order valence-corrected chi connectivity index (χ2v) is 9.09. The number of anilines is 1. The Morgan fingerprint density at radius 1 is 1.23 bits per heavy atom. The summed E-state index contributed by atoms with van der Waals surface area (Å²) in [4.78, 5) is 20.6. The van der Waals surface area contributed by atoms with E-state index in [0.717, 1.165) is 46.6 Å². The molecule has 1 aliphatic rings. The van der Waals surface area contributed by atoms with Crippen LogP contribution >= 0.6 is 27.7 Å². The zero-order valence-corrected chi connectivity index (χ0v) is 19.1. The van der Waals surface area contributed by atoms with Gasteiger partial charge in [-0.3, -0.25) is 9.69 Å². The maximum atomic E-state index is 12.6. The molecule has 0 bridgehead atoms. The van der Waals surface area contributed by atoms with E-state index in [2.05, 4.69) is 36.3 Å². The van der Waals surface area contributed by atoms with E-state index in [-0.39, 0.29) is 11.8 Å². The Morgan fingerprint density at radius 2 is 2.03 bits per heavy atom. The van der Waals surface area contributed by atoms with E-state index in [1.165, 1.54) is 0 Å². The lowest BCUT2D eigenvalue weighted by molar-refractivity contribution is -0.121. The number of piperidine rings is 1. The first-order valence-corrected chi connectivity index (χ1v) is 11.9. The van der Waals surface area contributed by atoms with E-state index < -0.39 is 0 Å². The number of nitrogens with one attached hydrogen (secondary N) is 1. The first kappa shape index (κ1) is 21.1. The van der Waals surface area contributed by atoms with Gasteiger partial charge in [0.25, 0.3) is 0 Å². The number of hydrogen-bond donors (Lipinski definition) is 1. The van der Waals surface area contributed by atoms with Gasteiger partial charge in [-0.25, -0.2) is 0 Å². The number of likely N-dealkylation sites (tertiary alicyclic amines) is 1. The van der Waals surface area contributed by atoms with E-state index in [4.69, 9.17) is 4.52 Å². The topological polar surface area (TPSA) is 71.3 Å². The van der Waals surface area contributed by atoms with Crippen LogP contribution < -0.4 is 5.32 Å². The first-order valence-electron chi connectivity index (χ1n) is 9.86. The minimum absolute atomic E-state index is 0.0269. The van der Waals surface area contributed by atoms with Crippen LogP contribution in [0.4, 0.5) is 5.69 Å². The van der Waals surface area contributed by atoms with Gasteiger partial charge in [-0.05, 0) is 62.5 Å². The predicted molar refractivity (Wildman–Crippen MR) is 122 cm³/mol. The molecule has 4 rings (SSSR count). The molecule has 2 heterocycles. The highest BCUT2D eigenvalue weighted by molar-refractivity contribution is 9.10. The van der Waals surface area contributed by atoms with Gasteiger partial charge in [0.15, 0.2) is 0 Å². The maximum Gasteiger partial charge on any atom is 0.241 e. The summed E-state index contributed by atoms with van der Waals surface area (Å²) in [5.74, 6) is 1.32. The van der Waals surface area contributed by atoms with Crippen molar-refractivity contribution in [3.05, 3.63) is 58.9 Å². The maximum absolute atomic E-state index is 12.6. The fourth-order valence-corrected chi connectivity index (χ4v) is 4.41. The largest absolute Gasteiger partial charge is 0.338 e. The number of aromatic nitrogens is 2. The van der Waals surface area contributed by atoms with Crippen molar-refractivity contribution < 1.29 is 9.32 Å². The summed E-state index contributed by atoms with van der Waals surface area (Å²) in [5, 5.41) is 7.16. The molecule has 30 heavy (non-hydrogen) atoms. The molecule has 1 N–H and O–H groups in total. The van der Waals surface area contributed by atoms with E-state index in [1.54, 1.807) is 11.8 Å². The Kier molecular flexibility index (Phi) is 6.86. The highest BCUT2D eigenvalue weighted by atomic mass is 79.9. The van der Waals surface area contributed by atoms with Crippen LogP contribution in [-0.2, 0) is 11.3 Å². The van der Waals surface area contributed by atoms with Crippen molar-refractivity contribution in [1.29, 1.82) is 0 Å². The quantitative estimate of drug-likeness (QED) is 0.490. The fraction of sp³-hybridized carbons (Fsp3) is 0.318. The summed E-state index contributed by atoms with van der Waals surface area (Å²) >= 11 is 5.13. The molecule has 0 unspecified atom stereocenters. The number of nitrogens with zero attached hydrogens (tertiary/aromatic N) is 3. The number of carbonyl (C=O) groups excluding carboxylic acids is 1. The number of halogens is 1. The monoisotopic (exact) mass is 486 g/mol. The zero-order chi connectivity index (χ0) is 20.9. The van der Waals surface area contributed by atoms with Crippen LogP contribution in [0.3, 0.4) is 0 Å². The molecule has 1 amide bonds. The zero-order valence-electron chi connectivity index (χ0n) is 16.7. The molecular formula is C22H23BrN4O2S. The normalized spacial score (nSPS) is 15.3. The second kappa shape index (κ2) is 9.76. The van der Waals surface area contributed by atoms with Crippen LogP contribution in [0.5, 0.6) is 0 Å². The molecular weight excluding hydrogens is 464 g/mol. The molecule has 1 saturated heterocycles. The molecule has 0 atom stereocenters. The van der Waals surface area contributed by atoms with Crippen LogP contribution in [-0.4, -0.2) is 40.3 Å². The summed E-state index contributed by atoms with van der Waals surface area (Å²) in [6, 6.07) is 15.8. The second-order valence-electron chi connectivity index (χ2n) is 7.29. The van der Waals surface area contributed by atoms with Gasteiger partial charge in [-0.1, -0.05) is 39.3 Å². The van der Waals surface area contributed by atoms with Gasteiger partial charge in [0.2, 0.25) is 17.6 Å². The van der Waals surface area contributed by atoms with Gasteiger partial charge in [0, 0.05) is 26.5 Å². The van der Waals surface area contributed by atoms with E-state index >= 15 is 0 Å². The smallest absolute Gasteiger partial charge is 0.241 e. The lowest BCUT2D eigenvalue weighted by Gasteiger charge is -2.30. The van der Waals surface area contributed by atoms with Gasteiger partial charge in [-0.2, -0.15) is 4.98 Å². The SMILES string of the molecule is CSc1cccc(NC(=O)C2CCN(Cc3nc(-c4cccc(Br)c4)no3)CC2)c1. The number of hydrogen-bond acceptors (Lipinski definition) is 6. The Labute approximate surface area is 188 Å². The van der Waals surface area contributed by atoms with E-state index in [1.807, 2.05) is 54.8 Å². The van der Waals surface area contributed by atoms with Gasteiger partial charge in [0.05, 0.1) is 6.54 Å². The number of amides is 1. The summed E-state index contributed by atoms with van der Waals surface area (Å²) in [7, 11) is 0. The van der Waals surface area contributed by atoms with E-state index in [0.29, 0.717) is 18.3 Å². The summed E-state index contributed by atoms with van der Waals surface area (Å²) in [5.41, 5.74) is 1.78. The molecule has 2 aromatic carbocycles. The van der Waals surface area contributed by atoms with Crippen LogP contribution in [0.25, 0.3) is 11.4 Å². The number of carbonyl (C=O) groups is 1. The Morgan fingerprint density at radius 3 is 2.80 bits per heavy atom. The third-order valence-electron chi connectivity index (χ3n) is 5.21. The lowest BCUT2D eigenvalue weighted by atomic mass is 9.96. The molecule has 8 heteroatoms. The van der Waals surface area contributed by atoms with Gasteiger partial charge >= 0.3 is 0 Å². The molecule has 6 nitrogen and oxygen atoms in total. The average molecular weight is 487 g/mol. The van der Waals surface area contributed by atoms with Crippen molar-refractivity contribution in [2.45, 2.75) is 24.3 Å². The van der Waals surface area contributed by atoms with Gasteiger partial charge in [0.1, 0.15) is 0 Å². The molecule has 3 aromatic rings. The van der Waals surface area contributed by atoms with Crippen LogP contribution in [0.1, 0.15) is 18.7 Å². The van der Waals surface area contributed by atoms with Crippen LogP contribution in [0.15, 0.2) is 62.4 Å². The Balaban J connectivity index is 1.29. The Bertz CT molecular complexity index is 1020. The number of thioether (sulfide) groups is 1. The highest BCUT2D eigenvalue weighted by Crippen LogP contribution is 2.24. The van der Waals surface area contributed by atoms with Crippen molar-refractivity contribution in [2.24, 2.45) is 5.92 Å². The molecule has 1 fully saturated rings. The van der Waals surface area contributed by atoms with Gasteiger partial charge in [-0.15, -0.1) is 11.8 Å². The third kappa shape index (κ3) is 5.30. The first-order chi connectivity index (χ1) is 14.6. The molecule has 0 saturated carbocycles. The van der Waals surface area contributed by atoms with Crippen molar-refractivity contribution >= 4 is 39.3 Å². The predicted octanol–water partition coefficient (Wildman–Crippen LogP) is 5.07. The molecule has 0 radical (unpaired) electrons. The fourth-order valence-electron chi connectivity index (χ4n) is 3.55. The van der Waals surface area contributed by atoms with E-state index in [9.17, 15) is 4.79 Å². The molecule has 1 aromatic heterocycles. The number of benzene rings is 2. The minimum Gasteiger partial charge on any atom is -0.338 e. The molecule has 0 spiro atoms. The minimum atomic E-state index is 0.0269. The number of rotatable bonds is 6. The molecule has 0 aliphatic carbocycles. The standard InChI is InChI=1S/C22H23BrN4O2S/c1-30-19-7-3-6-18(13-19)24-22(28)15-8-10-27(11-9-15)14-20-25-21(26-29-20)16-4-2-5-17(23)12-16/h2-7,12-13,15H,8-11,14H2,1H3,(H,24,28). The lowest BCUT2D eigenvalue weighted by Crippen LogP contribution is -2.37. The van der Waals surface area contributed by atoms with Crippen LogP contribution in [0.2, 0.25) is 0 Å². The summed E-state index contributed by atoms with van der Waals surface area (Å²) in [6.45, 7) is 2.26. The summed E-state index contributed by atoms with van der Waals surface area (Å²) < 4.78 is 6.42. The molecule has 156 valence electrons. The van der Waals surface area contributed by atoms with Crippen molar-refractivity contribution in [3.8, 4) is 11.4 Å². The average Bonchev–Trinajstić information content (AvgIpc) is 3.23. The third-order valence-corrected chi connectivity index (χ3v) is 6.42. The van der Waals surface area contributed by atoms with Gasteiger partial charge < -0.3 is 9.84 Å². The van der Waals surface area contributed by atoms with Crippen LogP contribution in [0, 0.1) is 5.92 Å².